The Hall–Kier alpha value is -4.21. The number of ether oxygens (including phenoxy) is 1. The van der Waals surface area contributed by atoms with Crippen LogP contribution in [0.1, 0.15) is 18.7 Å². The second kappa shape index (κ2) is 10.6. The van der Waals surface area contributed by atoms with Crippen LogP contribution in [0.5, 0.6) is 5.75 Å². The quantitative estimate of drug-likeness (QED) is 0.345. The second-order valence-electron chi connectivity index (χ2n) is 7.78. The maximum absolute atomic E-state index is 12.5. The normalized spacial score (nSPS) is 10.9. The van der Waals surface area contributed by atoms with Crippen molar-refractivity contribution in [2.24, 2.45) is 0 Å². The van der Waals surface area contributed by atoms with Crippen molar-refractivity contribution in [2.75, 3.05) is 32.6 Å². The highest BCUT2D eigenvalue weighted by Crippen LogP contribution is 2.20. The number of H-pyrrole nitrogens is 1. The highest BCUT2D eigenvalue weighted by molar-refractivity contribution is 5.90. The molecule has 0 aliphatic rings. The molecular weight excluding hydrogens is 436 g/mol. The SMILES string of the molecule is COc1ccc(-c2noc(CCC(=O)N(C)CCCNc3n[nH]c(=O)c4ccccc34)n2)cc1. The van der Waals surface area contributed by atoms with Gasteiger partial charge >= 0.3 is 0 Å². The number of anilines is 1. The molecule has 0 radical (unpaired) electrons. The number of carbonyl (C=O) groups excluding carboxylic acids is 1. The lowest BCUT2D eigenvalue weighted by molar-refractivity contribution is -0.129. The molecule has 0 aliphatic heterocycles. The van der Waals surface area contributed by atoms with Crippen molar-refractivity contribution in [2.45, 2.75) is 19.3 Å². The van der Waals surface area contributed by atoms with Gasteiger partial charge < -0.3 is 19.5 Å². The maximum atomic E-state index is 12.5. The molecule has 10 nitrogen and oxygen atoms in total. The number of nitrogens with zero attached hydrogens (tertiary/aromatic N) is 4. The van der Waals surface area contributed by atoms with Gasteiger partial charge in [0.05, 0.1) is 12.5 Å². The lowest BCUT2D eigenvalue weighted by Gasteiger charge is -2.17. The van der Waals surface area contributed by atoms with E-state index in [9.17, 15) is 9.59 Å². The van der Waals surface area contributed by atoms with Crippen LogP contribution in [0, 0.1) is 0 Å². The van der Waals surface area contributed by atoms with E-state index < -0.39 is 0 Å². The van der Waals surface area contributed by atoms with Gasteiger partial charge in [0, 0.05) is 43.9 Å². The zero-order chi connectivity index (χ0) is 23.9. The van der Waals surface area contributed by atoms with Gasteiger partial charge in [0.25, 0.3) is 5.56 Å². The van der Waals surface area contributed by atoms with Crippen molar-refractivity contribution in [3.8, 4) is 17.1 Å². The van der Waals surface area contributed by atoms with Crippen molar-refractivity contribution in [3.05, 3.63) is 64.8 Å². The molecular formula is C24H26N6O4. The van der Waals surface area contributed by atoms with Crippen LogP contribution in [0.3, 0.4) is 0 Å². The molecule has 2 N–H and O–H groups in total. The van der Waals surface area contributed by atoms with Gasteiger partial charge in [-0.1, -0.05) is 23.4 Å². The van der Waals surface area contributed by atoms with Crippen LogP contribution in [0.25, 0.3) is 22.2 Å². The van der Waals surface area contributed by atoms with Crippen LogP contribution < -0.4 is 15.6 Å². The molecule has 4 rings (SSSR count). The van der Waals surface area contributed by atoms with Crippen molar-refractivity contribution in [1.29, 1.82) is 0 Å². The van der Waals surface area contributed by atoms with E-state index in [-0.39, 0.29) is 17.9 Å². The van der Waals surface area contributed by atoms with Crippen molar-refractivity contribution in [3.63, 3.8) is 0 Å². The summed E-state index contributed by atoms with van der Waals surface area (Å²) in [4.78, 5) is 30.4. The molecule has 0 aliphatic carbocycles. The van der Waals surface area contributed by atoms with Gasteiger partial charge in [0.1, 0.15) is 5.75 Å². The van der Waals surface area contributed by atoms with Crippen molar-refractivity contribution in [1.82, 2.24) is 25.2 Å². The fraction of sp³-hybridized carbons (Fsp3) is 0.292. The summed E-state index contributed by atoms with van der Waals surface area (Å²) < 4.78 is 10.4. The van der Waals surface area contributed by atoms with Gasteiger partial charge in [-0.25, -0.2) is 5.10 Å². The summed E-state index contributed by atoms with van der Waals surface area (Å²) in [6, 6.07) is 14.7. The predicted octanol–water partition coefficient (Wildman–Crippen LogP) is 2.87. The molecule has 0 fully saturated rings. The molecule has 176 valence electrons. The number of benzene rings is 2. The molecule has 2 heterocycles. The summed E-state index contributed by atoms with van der Waals surface area (Å²) in [5.74, 6) is 2.27. The van der Waals surface area contributed by atoms with E-state index in [2.05, 4.69) is 25.7 Å². The van der Waals surface area contributed by atoms with E-state index in [0.717, 1.165) is 23.1 Å². The Balaban J connectivity index is 1.22. The predicted molar refractivity (Wildman–Crippen MR) is 128 cm³/mol. The Labute approximate surface area is 195 Å². The first-order chi connectivity index (χ1) is 16.5. The highest BCUT2D eigenvalue weighted by Gasteiger charge is 2.13. The molecule has 2 aromatic carbocycles. The van der Waals surface area contributed by atoms with Gasteiger partial charge in [-0.15, -0.1) is 0 Å². The van der Waals surface area contributed by atoms with E-state index in [1.54, 1.807) is 25.1 Å². The number of nitrogens with one attached hydrogen (secondary N) is 2. The molecule has 0 saturated heterocycles. The largest absolute Gasteiger partial charge is 0.497 e. The first-order valence-corrected chi connectivity index (χ1v) is 11.0. The molecule has 0 spiro atoms. The monoisotopic (exact) mass is 462 g/mol. The summed E-state index contributed by atoms with van der Waals surface area (Å²) in [6.07, 6.45) is 1.37. The lowest BCUT2D eigenvalue weighted by atomic mass is 10.2. The smallest absolute Gasteiger partial charge is 0.272 e. The van der Waals surface area contributed by atoms with Gasteiger partial charge in [-0.2, -0.15) is 10.1 Å². The van der Waals surface area contributed by atoms with E-state index in [4.69, 9.17) is 9.26 Å². The summed E-state index contributed by atoms with van der Waals surface area (Å²) in [6.45, 7) is 1.18. The van der Waals surface area contributed by atoms with Crippen molar-refractivity contribution < 1.29 is 14.1 Å². The van der Waals surface area contributed by atoms with Crippen LogP contribution >= 0.6 is 0 Å². The molecule has 10 heteroatoms. The van der Waals surface area contributed by atoms with Gasteiger partial charge in [0.2, 0.25) is 17.6 Å². The number of hydrogen-bond donors (Lipinski definition) is 2. The van der Waals surface area contributed by atoms with Crippen LogP contribution in [-0.4, -0.2) is 58.4 Å². The van der Waals surface area contributed by atoms with Gasteiger partial charge in [0.15, 0.2) is 5.82 Å². The van der Waals surface area contributed by atoms with Crippen LogP contribution in [-0.2, 0) is 11.2 Å². The molecule has 34 heavy (non-hydrogen) atoms. The third-order valence-corrected chi connectivity index (χ3v) is 5.45. The first-order valence-electron chi connectivity index (χ1n) is 11.0. The van der Waals surface area contributed by atoms with Crippen molar-refractivity contribution >= 4 is 22.5 Å². The van der Waals surface area contributed by atoms with Gasteiger partial charge in [-0.3, -0.25) is 9.59 Å². The maximum Gasteiger partial charge on any atom is 0.272 e. The van der Waals surface area contributed by atoms with E-state index >= 15 is 0 Å². The Morgan fingerprint density at radius 1 is 1.15 bits per heavy atom. The molecule has 0 saturated carbocycles. The first kappa shape index (κ1) is 23.0. The number of fused-ring (bicyclic) bond motifs is 1. The van der Waals surface area contributed by atoms with E-state index in [0.29, 0.717) is 42.4 Å². The molecule has 1 amide bonds. The summed E-state index contributed by atoms with van der Waals surface area (Å²) in [7, 11) is 3.38. The van der Waals surface area contributed by atoms with Gasteiger partial charge in [-0.05, 0) is 36.8 Å². The minimum absolute atomic E-state index is 0.00295. The number of amides is 1. The average molecular weight is 463 g/mol. The zero-order valence-corrected chi connectivity index (χ0v) is 19.1. The zero-order valence-electron chi connectivity index (χ0n) is 19.1. The Kier molecular flexibility index (Phi) is 7.16. The number of methoxy groups -OCH3 is 1. The number of aromatic nitrogens is 4. The minimum Gasteiger partial charge on any atom is -0.497 e. The number of hydrogen-bond acceptors (Lipinski definition) is 8. The highest BCUT2D eigenvalue weighted by atomic mass is 16.5. The van der Waals surface area contributed by atoms with Crippen LogP contribution in [0.2, 0.25) is 0 Å². The third-order valence-electron chi connectivity index (χ3n) is 5.45. The standard InChI is InChI=1S/C24H26N6O4/c1-30(15-5-14-25-23-18-6-3-4-7-19(18)24(32)28-27-23)21(31)13-12-20-26-22(29-34-20)16-8-10-17(33-2)11-9-16/h3-4,6-11H,5,12-15H2,1-2H3,(H,25,27)(H,28,32). The fourth-order valence-electron chi connectivity index (χ4n) is 3.52. The minimum atomic E-state index is -0.219. The lowest BCUT2D eigenvalue weighted by Crippen LogP contribution is -2.29. The molecule has 0 unspecified atom stereocenters. The Morgan fingerprint density at radius 2 is 1.91 bits per heavy atom. The van der Waals surface area contributed by atoms with Crippen LogP contribution in [0.15, 0.2) is 57.8 Å². The van der Waals surface area contributed by atoms with E-state index in [1.165, 1.54) is 0 Å². The van der Waals surface area contributed by atoms with E-state index in [1.807, 2.05) is 42.5 Å². The second-order valence-corrected chi connectivity index (χ2v) is 7.78. The Morgan fingerprint density at radius 3 is 2.68 bits per heavy atom. The topological polar surface area (TPSA) is 126 Å². The van der Waals surface area contributed by atoms with Crippen LogP contribution in [0.4, 0.5) is 5.82 Å². The Bertz CT molecular complexity index is 1320. The number of aryl methyl sites for hydroxylation is 1. The molecule has 2 aromatic heterocycles. The fourth-order valence-corrected chi connectivity index (χ4v) is 3.52. The number of rotatable bonds is 10. The third kappa shape index (κ3) is 5.40. The molecule has 4 aromatic rings. The number of carbonyl (C=O) groups is 1. The summed E-state index contributed by atoms with van der Waals surface area (Å²) in [5, 5.41) is 15.2. The molecule has 0 atom stereocenters. The number of aromatic amines is 1. The average Bonchev–Trinajstić information content (AvgIpc) is 3.35. The molecule has 0 bridgehead atoms. The summed E-state index contributed by atoms with van der Waals surface area (Å²) >= 11 is 0. The summed E-state index contributed by atoms with van der Waals surface area (Å²) in [5.41, 5.74) is 0.598.